The minimum atomic E-state index is -3.76. The molecule has 2 aromatic rings. The van der Waals surface area contributed by atoms with Gasteiger partial charge in [0, 0.05) is 37.0 Å². The average Bonchev–Trinajstić information content (AvgIpc) is 2.92. The second kappa shape index (κ2) is 5.80. The van der Waals surface area contributed by atoms with Crippen LogP contribution >= 0.6 is 0 Å². The van der Waals surface area contributed by atoms with Gasteiger partial charge in [-0.3, -0.25) is 10.1 Å². The molecule has 2 rings (SSSR count). The van der Waals surface area contributed by atoms with E-state index in [0.717, 1.165) is 11.8 Å². The van der Waals surface area contributed by atoms with Gasteiger partial charge >= 0.3 is 0 Å². The van der Waals surface area contributed by atoms with Crippen molar-refractivity contribution in [1.82, 2.24) is 14.7 Å². The lowest BCUT2D eigenvalue weighted by atomic mass is 10.3. The van der Waals surface area contributed by atoms with E-state index in [1.165, 1.54) is 24.5 Å². The monoisotopic (exact) mass is 296 g/mol. The number of sulfonamides is 1. The van der Waals surface area contributed by atoms with E-state index >= 15 is 0 Å². The van der Waals surface area contributed by atoms with E-state index in [9.17, 15) is 18.5 Å². The predicted molar refractivity (Wildman–Crippen MR) is 70.6 cm³/mol. The van der Waals surface area contributed by atoms with E-state index < -0.39 is 14.9 Å². The zero-order chi connectivity index (χ0) is 14.6. The third-order valence-electron chi connectivity index (χ3n) is 2.58. The standard InChI is InChI=1S/C11H12N4O4S/c16-15(17)10-2-1-3-11(6-10)20(18,19)14-5-4-9-7-12-8-13-9/h1-3,6-8,14H,4-5H2,(H,12,13). The maximum absolute atomic E-state index is 12.0. The van der Waals surface area contributed by atoms with Gasteiger partial charge in [-0.25, -0.2) is 18.1 Å². The van der Waals surface area contributed by atoms with Crippen LogP contribution in [0.3, 0.4) is 0 Å². The van der Waals surface area contributed by atoms with Crippen molar-refractivity contribution in [2.24, 2.45) is 0 Å². The minimum Gasteiger partial charge on any atom is -0.348 e. The molecule has 0 bridgehead atoms. The first-order chi connectivity index (χ1) is 9.49. The molecule has 2 N–H and O–H groups in total. The number of nitro groups is 1. The van der Waals surface area contributed by atoms with Crippen molar-refractivity contribution in [3.05, 3.63) is 52.6 Å². The number of nitro benzene ring substituents is 1. The molecular weight excluding hydrogens is 284 g/mol. The molecule has 1 heterocycles. The predicted octanol–water partition coefficient (Wildman–Crippen LogP) is 0.839. The van der Waals surface area contributed by atoms with E-state index in [-0.39, 0.29) is 17.1 Å². The Bertz CT molecular complexity index is 697. The van der Waals surface area contributed by atoms with Crippen molar-refractivity contribution in [2.45, 2.75) is 11.3 Å². The lowest BCUT2D eigenvalue weighted by Gasteiger charge is -2.05. The summed E-state index contributed by atoms with van der Waals surface area (Å²) in [7, 11) is -3.76. The summed E-state index contributed by atoms with van der Waals surface area (Å²) in [6, 6.07) is 4.91. The van der Waals surface area contributed by atoms with Crippen molar-refractivity contribution in [3.63, 3.8) is 0 Å². The summed E-state index contributed by atoms with van der Waals surface area (Å²) in [5.74, 6) is 0. The molecule has 20 heavy (non-hydrogen) atoms. The number of benzene rings is 1. The Labute approximate surface area is 115 Å². The number of aromatic nitrogens is 2. The Morgan fingerprint density at radius 2 is 2.20 bits per heavy atom. The van der Waals surface area contributed by atoms with Gasteiger partial charge in [-0.05, 0) is 6.07 Å². The molecule has 0 aliphatic rings. The molecule has 0 saturated heterocycles. The van der Waals surface area contributed by atoms with E-state index in [2.05, 4.69) is 14.7 Å². The molecule has 0 radical (unpaired) electrons. The summed E-state index contributed by atoms with van der Waals surface area (Å²) in [6.45, 7) is 0.174. The number of non-ortho nitro benzene ring substituents is 1. The molecule has 0 aliphatic carbocycles. The summed E-state index contributed by atoms with van der Waals surface area (Å²) in [5.41, 5.74) is 0.535. The SMILES string of the molecule is O=[N+]([O-])c1cccc(S(=O)(=O)NCCc2cnc[nH]2)c1. The van der Waals surface area contributed by atoms with Crippen LogP contribution in [0.4, 0.5) is 5.69 Å². The highest BCUT2D eigenvalue weighted by atomic mass is 32.2. The third-order valence-corrected chi connectivity index (χ3v) is 4.04. The summed E-state index contributed by atoms with van der Waals surface area (Å²) >= 11 is 0. The first-order valence-corrected chi connectivity index (χ1v) is 7.19. The molecule has 0 aliphatic heterocycles. The van der Waals surface area contributed by atoms with Gasteiger partial charge in [0.25, 0.3) is 5.69 Å². The molecule has 0 spiro atoms. The molecule has 106 valence electrons. The van der Waals surface area contributed by atoms with Crippen molar-refractivity contribution < 1.29 is 13.3 Å². The van der Waals surface area contributed by atoms with Crippen LogP contribution in [-0.2, 0) is 16.4 Å². The van der Waals surface area contributed by atoms with Crippen LogP contribution in [0.25, 0.3) is 0 Å². The zero-order valence-corrected chi connectivity index (χ0v) is 11.1. The smallest absolute Gasteiger partial charge is 0.270 e. The highest BCUT2D eigenvalue weighted by molar-refractivity contribution is 7.89. The van der Waals surface area contributed by atoms with Crippen molar-refractivity contribution in [2.75, 3.05) is 6.54 Å². The van der Waals surface area contributed by atoms with Gasteiger partial charge in [0.05, 0.1) is 16.1 Å². The van der Waals surface area contributed by atoms with Crippen LogP contribution in [0.1, 0.15) is 5.69 Å². The van der Waals surface area contributed by atoms with Gasteiger partial charge in [0.15, 0.2) is 0 Å². The van der Waals surface area contributed by atoms with Crippen molar-refractivity contribution in [1.29, 1.82) is 0 Å². The van der Waals surface area contributed by atoms with Gasteiger partial charge in [-0.15, -0.1) is 0 Å². The van der Waals surface area contributed by atoms with E-state index in [0.29, 0.717) is 6.42 Å². The molecule has 0 saturated carbocycles. The topological polar surface area (TPSA) is 118 Å². The zero-order valence-electron chi connectivity index (χ0n) is 10.3. The molecule has 1 aromatic heterocycles. The lowest BCUT2D eigenvalue weighted by molar-refractivity contribution is -0.385. The molecular formula is C11H12N4O4S. The molecule has 0 fully saturated rings. The lowest BCUT2D eigenvalue weighted by Crippen LogP contribution is -2.26. The maximum atomic E-state index is 12.0. The largest absolute Gasteiger partial charge is 0.348 e. The van der Waals surface area contributed by atoms with E-state index in [1.807, 2.05) is 0 Å². The fourth-order valence-electron chi connectivity index (χ4n) is 1.59. The molecule has 0 unspecified atom stereocenters. The van der Waals surface area contributed by atoms with Gasteiger partial charge in [-0.1, -0.05) is 6.07 Å². The average molecular weight is 296 g/mol. The first-order valence-electron chi connectivity index (χ1n) is 5.70. The van der Waals surface area contributed by atoms with Crippen LogP contribution in [0.2, 0.25) is 0 Å². The maximum Gasteiger partial charge on any atom is 0.270 e. The Morgan fingerprint density at radius 3 is 2.85 bits per heavy atom. The molecule has 0 atom stereocenters. The van der Waals surface area contributed by atoms with Gasteiger partial charge < -0.3 is 4.98 Å². The van der Waals surface area contributed by atoms with E-state index in [4.69, 9.17) is 0 Å². The summed E-state index contributed by atoms with van der Waals surface area (Å²) in [4.78, 5) is 16.5. The van der Waals surface area contributed by atoms with Gasteiger partial charge in [-0.2, -0.15) is 0 Å². The summed E-state index contributed by atoms with van der Waals surface area (Å²) < 4.78 is 26.3. The van der Waals surface area contributed by atoms with Gasteiger partial charge in [0.2, 0.25) is 10.0 Å². The van der Waals surface area contributed by atoms with E-state index in [1.54, 1.807) is 6.20 Å². The highest BCUT2D eigenvalue weighted by Gasteiger charge is 2.17. The van der Waals surface area contributed by atoms with Crippen LogP contribution in [0.15, 0.2) is 41.7 Å². The Hall–Kier alpha value is -2.26. The molecule has 0 amide bonds. The fourth-order valence-corrected chi connectivity index (χ4v) is 2.66. The van der Waals surface area contributed by atoms with Gasteiger partial charge in [0.1, 0.15) is 0 Å². The number of hydrogen-bond donors (Lipinski definition) is 2. The highest BCUT2D eigenvalue weighted by Crippen LogP contribution is 2.16. The molecule has 8 nitrogen and oxygen atoms in total. The Kier molecular flexibility index (Phi) is 4.11. The molecule has 9 heteroatoms. The van der Waals surface area contributed by atoms with Crippen molar-refractivity contribution in [3.8, 4) is 0 Å². The second-order valence-corrected chi connectivity index (χ2v) is 5.75. The number of aromatic amines is 1. The van der Waals surface area contributed by atoms with Crippen LogP contribution in [0, 0.1) is 10.1 Å². The summed E-state index contributed by atoms with van der Waals surface area (Å²) in [6.07, 6.45) is 3.56. The number of nitrogens with one attached hydrogen (secondary N) is 2. The quantitative estimate of drug-likeness (QED) is 0.605. The normalized spacial score (nSPS) is 11.4. The van der Waals surface area contributed by atoms with Crippen molar-refractivity contribution >= 4 is 15.7 Å². The number of rotatable bonds is 6. The third kappa shape index (κ3) is 3.39. The van der Waals surface area contributed by atoms with Crippen LogP contribution in [0.5, 0.6) is 0 Å². The van der Waals surface area contributed by atoms with Crippen LogP contribution < -0.4 is 4.72 Å². The Balaban J connectivity index is 2.06. The fraction of sp³-hybridized carbons (Fsp3) is 0.182. The minimum absolute atomic E-state index is 0.128. The first kappa shape index (κ1) is 14.2. The Morgan fingerprint density at radius 1 is 1.40 bits per heavy atom. The second-order valence-electron chi connectivity index (χ2n) is 3.98. The number of imidazole rings is 1. The number of H-pyrrole nitrogens is 1. The van der Waals surface area contributed by atoms with Crippen LogP contribution in [-0.4, -0.2) is 29.9 Å². The molecule has 1 aromatic carbocycles. The number of nitrogens with zero attached hydrogens (tertiary/aromatic N) is 2. The number of hydrogen-bond acceptors (Lipinski definition) is 5. The summed E-state index contributed by atoms with van der Waals surface area (Å²) in [5, 5.41) is 10.6.